The summed E-state index contributed by atoms with van der Waals surface area (Å²) in [4.78, 5) is 25.7. The van der Waals surface area contributed by atoms with E-state index in [2.05, 4.69) is 9.97 Å². The summed E-state index contributed by atoms with van der Waals surface area (Å²) in [5.41, 5.74) is 2.33. The van der Waals surface area contributed by atoms with Crippen molar-refractivity contribution in [1.82, 2.24) is 14.9 Å². The molecule has 0 unspecified atom stereocenters. The standard InChI is InChI=1S/C26H23F3N4O2/c27-26(28,29)20-4-2-1-3-19(20)18-14-30-24(31-15-18)33-16-25(7-8-25)21-6-5-17(13-22(21)33)23(34)32-9-11-35-12-10-32/h1-6,13-15H,7-12,16H2. The quantitative estimate of drug-likeness (QED) is 0.538. The van der Waals surface area contributed by atoms with Crippen LogP contribution in [0, 0.1) is 0 Å². The topological polar surface area (TPSA) is 58.6 Å². The molecule has 6 rings (SSSR count). The lowest BCUT2D eigenvalue weighted by atomic mass is 9.97. The van der Waals surface area contributed by atoms with Crippen LogP contribution in [0.15, 0.2) is 54.9 Å². The van der Waals surface area contributed by atoms with Gasteiger partial charge in [-0.15, -0.1) is 0 Å². The normalized spacial score (nSPS) is 18.6. The van der Waals surface area contributed by atoms with Crippen LogP contribution in [0.2, 0.25) is 0 Å². The van der Waals surface area contributed by atoms with Gasteiger partial charge in [-0.3, -0.25) is 4.79 Å². The first-order valence-corrected chi connectivity index (χ1v) is 11.6. The molecule has 6 nitrogen and oxygen atoms in total. The van der Waals surface area contributed by atoms with Gasteiger partial charge in [-0.2, -0.15) is 13.2 Å². The minimum atomic E-state index is -4.47. The number of anilines is 2. The number of hydrogen-bond acceptors (Lipinski definition) is 5. The molecule has 1 amide bonds. The second-order valence-electron chi connectivity index (χ2n) is 9.32. The lowest BCUT2D eigenvalue weighted by Gasteiger charge is -2.27. The molecule has 3 heterocycles. The molecule has 1 aliphatic carbocycles. The first kappa shape index (κ1) is 22.0. The van der Waals surface area contributed by atoms with E-state index in [4.69, 9.17) is 4.74 Å². The molecule has 2 aliphatic heterocycles. The number of nitrogens with zero attached hydrogens (tertiary/aromatic N) is 4. The number of carbonyl (C=O) groups is 1. The highest BCUT2D eigenvalue weighted by Gasteiger charge is 2.52. The molecule has 3 aliphatic rings. The molecule has 35 heavy (non-hydrogen) atoms. The van der Waals surface area contributed by atoms with E-state index in [0.717, 1.165) is 24.6 Å². The minimum Gasteiger partial charge on any atom is -0.378 e. The van der Waals surface area contributed by atoms with Gasteiger partial charge in [0.05, 0.1) is 18.8 Å². The lowest BCUT2D eigenvalue weighted by Crippen LogP contribution is -2.40. The maximum Gasteiger partial charge on any atom is 0.417 e. The van der Waals surface area contributed by atoms with Crippen LogP contribution in [0.3, 0.4) is 0 Å². The Hall–Kier alpha value is -3.46. The van der Waals surface area contributed by atoms with Crippen LogP contribution in [-0.2, 0) is 16.3 Å². The van der Waals surface area contributed by atoms with Crippen LogP contribution in [0.25, 0.3) is 11.1 Å². The van der Waals surface area contributed by atoms with E-state index in [1.54, 1.807) is 11.0 Å². The number of aromatic nitrogens is 2. The van der Waals surface area contributed by atoms with Crippen molar-refractivity contribution in [2.45, 2.75) is 24.4 Å². The van der Waals surface area contributed by atoms with E-state index in [1.807, 2.05) is 23.1 Å². The first-order valence-electron chi connectivity index (χ1n) is 11.6. The maximum atomic E-state index is 13.5. The molecule has 1 saturated carbocycles. The van der Waals surface area contributed by atoms with Gasteiger partial charge in [-0.25, -0.2) is 9.97 Å². The Morgan fingerprint density at radius 2 is 1.71 bits per heavy atom. The molecule has 2 aromatic carbocycles. The van der Waals surface area contributed by atoms with Gasteiger partial charge < -0.3 is 14.5 Å². The number of hydrogen-bond donors (Lipinski definition) is 0. The van der Waals surface area contributed by atoms with Crippen molar-refractivity contribution in [3.8, 4) is 11.1 Å². The highest BCUT2D eigenvalue weighted by molar-refractivity contribution is 5.96. The predicted octanol–water partition coefficient (Wildman–Crippen LogP) is 4.82. The summed E-state index contributed by atoms with van der Waals surface area (Å²) in [6.07, 6.45) is 0.500. The Morgan fingerprint density at radius 3 is 2.40 bits per heavy atom. The number of amides is 1. The van der Waals surface area contributed by atoms with E-state index < -0.39 is 11.7 Å². The fourth-order valence-electron chi connectivity index (χ4n) is 5.10. The molecule has 0 radical (unpaired) electrons. The van der Waals surface area contributed by atoms with E-state index in [1.165, 1.54) is 30.1 Å². The molecule has 3 aromatic rings. The average molecular weight is 480 g/mol. The molecule has 0 atom stereocenters. The van der Waals surface area contributed by atoms with Crippen molar-refractivity contribution >= 4 is 17.5 Å². The molecular formula is C26H23F3N4O2. The zero-order chi connectivity index (χ0) is 24.2. The van der Waals surface area contributed by atoms with Gasteiger partial charge in [0.15, 0.2) is 0 Å². The van der Waals surface area contributed by atoms with Crippen molar-refractivity contribution in [3.63, 3.8) is 0 Å². The summed E-state index contributed by atoms with van der Waals surface area (Å²) in [5, 5.41) is 0. The number of carbonyl (C=O) groups excluding carboxylic acids is 1. The molecule has 2 fully saturated rings. The van der Waals surface area contributed by atoms with Gasteiger partial charge in [0.25, 0.3) is 5.91 Å². The van der Waals surface area contributed by atoms with Crippen LogP contribution in [0.1, 0.15) is 34.3 Å². The molecule has 0 bridgehead atoms. The maximum absolute atomic E-state index is 13.5. The predicted molar refractivity (Wildman–Crippen MR) is 124 cm³/mol. The number of halogens is 3. The van der Waals surface area contributed by atoms with Gasteiger partial charge in [0.2, 0.25) is 5.95 Å². The van der Waals surface area contributed by atoms with Gasteiger partial charge in [-0.1, -0.05) is 24.3 Å². The fraction of sp³-hybridized carbons (Fsp3) is 0.346. The van der Waals surface area contributed by atoms with E-state index in [-0.39, 0.29) is 16.9 Å². The molecule has 1 spiro atoms. The number of benzene rings is 2. The Kier molecular flexibility index (Phi) is 5.07. The fourth-order valence-corrected chi connectivity index (χ4v) is 5.10. The molecule has 1 saturated heterocycles. The number of alkyl halides is 3. The van der Waals surface area contributed by atoms with E-state index >= 15 is 0 Å². The van der Waals surface area contributed by atoms with Crippen LogP contribution in [-0.4, -0.2) is 53.6 Å². The number of morpholine rings is 1. The van der Waals surface area contributed by atoms with Crippen LogP contribution < -0.4 is 4.90 Å². The van der Waals surface area contributed by atoms with Gasteiger partial charge in [0, 0.05) is 54.3 Å². The molecule has 0 N–H and O–H groups in total. The Bertz CT molecular complexity index is 1280. The minimum absolute atomic E-state index is 0.0286. The smallest absolute Gasteiger partial charge is 0.378 e. The van der Waals surface area contributed by atoms with Crippen molar-refractivity contribution in [2.24, 2.45) is 0 Å². The van der Waals surface area contributed by atoms with E-state index in [9.17, 15) is 18.0 Å². The average Bonchev–Trinajstić information content (AvgIpc) is 3.60. The van der Waals surface area contributed by atoms with Crippen molar-refractivity contribution in [1.29, 1.82) is 0 Å². The van der Waals surface area contributed by atoms with Crippen molar-refractivity contribution in [2.75, 3.05) is 37.7 Å². The van der Waals surface area contributed by atoms with Gasteiger partial charge in [-0.05, 0) is 42.2 Å². The van der Waals surface area contributed by atoms with Crippen molar-refractivity contribution in [3.05, 3.63) is 71.5 Å². The largest absolute Gasteiger partial charge is 0.417 e. The number of fused-ring (bicyclic) bond motifs is 2. The van der Waals surface area contributed by atoms with E-state index in [0.29, 0.717) is 49.9 Å². The summed E-state index contributed by atoms with van der Waals surface area (Å²) >= 11 is 0. The van der Waals surface area contributed by atoms with Gasteiger partial charge >= 0.3 is 6.18 Å². The van der Waals surface area contributed by atoms with Crippen molar-refractivity contribution < 1.29 is 22.7 Å². The van der Waals surface area contributed by atoms with Gasteiger partial charge in [0.1, 0.15) is 0 Å². The number of rotatable bonds is 3. The second kappa shape index (κ2) is 8.05. The Balaban J connectivity index is 1.33. The van der Waals surface area contributed by atoms with Crippen LogP contribution >= 0.6 is 0 Å². The number of ether oxygens (including phenoxy) is 1. The highest BCUT2D eigenvalue weighted by Crippen LogP contribution is 2.57. The lowest BCUT2D eigenvalue weighted by molar-refractivity contribution is -0.137. The Morgan fingerprint density at radius 1 is 1.00 bits per heavy atom. The summed E-state index contributed by atoms with van der Waals surface area (Å²) in [6.45, 7) is 2.88. The Labute approximate surface area is 200 Å². The molecule has 180 valence electrons. The molecule has 9 heteroatoms. The third-order valence-corrected chi connectivity index (χ3v) is 7.14. The zero-order valence-electron chi connectivity index (χ0n) is 18.9. The summed E-state index contributed by atoms with van der Waals surface area (Å²) < 4.78 is 45.8. The monoisotopic (exact) mass is 480 g/mol. The van der Waals surface area contributed by atoms with Crippen LogP contribution in [0.4, 0.5) is 24.8 Å². The summed E-state index contributed by atoms with van der Waals surface area (Å²) in [5.74, 6) is 0.382. The third kappa shape index (κ3) is 3.83. The van der Waals surface area contributed by atoms with Crippen LogP contribution in [0.5, 0.6) is 0 Å². The summed E-state index contributed by atoms with van der Waals surface area (Å²) in [7, 11) is 0. The molecular weight excluding hydrogens is 457 g/mol. The molecule has 1 aromatic heterocycles. The highest BCUT2D eigenvalue weighted by atomic mass is 19.4. The summed E-state index contributed by atoms with van der Waals surface area (Å²) in [6, 6.07) is 11.2. The SMILES string of the molecule is O=C(c1ccc2c(c1)N(c1ncc(-c3ccccc3C(F)(F)F)cn1)CC21CC1)N1CCOCC1. The second-order valence-corrected chi connectivity index (χ2v) is 9.32. The third-order valence-electron chi connectivity index (χ3n) is 7.14. The first-order chi connectivity index (χ1) is 16.9. The zero-order valence-corrected chi connectivity index (χ0v) is 18.9.